The van der Waals surface area contributed by atoms with Gasteiger partial charge in [0.15, 0.2) is 0 Å². The maximum absolute atomic E-state index is 3.86. The molecular formula is C22H40N4S. The van der Waals surface area contributed by atoms with Crippen LogP contribution in [0.25, 0.3) is 0 Å². The van der Waals surface area contributed by atoms with E-state index >= 15 is 0 Å². The molecule has 5 rings (SSSR count). The predicted molar refractivity (Wildman–Crippen MR) is 115 cm³/mol. The van der Waals surface area contributed by atoms with Gasteiger partial charge in [-0.1, -0.05) is 38.5 Å². The van der Waals surface area contributed by atoms with Crippen molar-refractivity contribution in [1.29, 1.82) is 0 Å². The van der Waals surface area contributed by atoms with E-state index < -0.39 is 0 Å². The van der Waals surface area contributed by atoms with Gasteiger partial charge in [-0.05, 0) is 38.0 Å². The van der Waals surface area contributed by atoms with Gasteiger partial charge < -0.3 is 0 Å². The van der Waals surface area contributed by atoms with Gasteiger partial charge in [0, 0.05) is 50.1 Å². The highest BCUT2D eigenvalue weighted by Crippen LogP contribution is 2.47. The Labute approximate surface area is 170 Å². The maximum Gasteiger partial charge on any atom is 0.0660 e. The zero-order valence-corrected chi connectivity index (χ0v) is 17.9. The molecule has 5 heteroatoms. The van der Waals surface area contributed by atoms with Crippen molar-refractivity contribution < 1.29 is 0 Å². The molecule has 0 aromatic rings. The average molecular weight is 393 g/mol. The molecule has 27 heavy (non-hydrogen) atoms. The summed E-state index contributed by atoms with van der Waals surface area (Å²) in [5, 5.41) is 9.27. The minimum atomic E-state index is 0.617. The van der Waals surface area contributed by atoms with Crippen molar-refractivity contribution >= 4 is 11.8 Å². The second-order valence-corrected chi connectivity index (χ2v) is 11.2. The Bertz CT molecular complexity index is 469. The van der Waals surface area contributed by atoms with E-state index in [9.17, 15) is 0 Å². The zero-order chi connectivity index (χ0) is 18.1. The fraction of sp³-hybridized carbons (Fsp3) is 1.00. The number of hydrogen-bond donors (Lipinski definition) is 2. The van der Waals surface area contributed by atoms with E-state index in [1.165, 1.54) is 96.8 Å². The van der Waals surface area contributed by atoms with Crippen LogP contribution >= 0.6 is 11.8 Å². The summed E-state index contributed by atoms with van der Waals surface area (Å²) in [5.41, 5.74) is 0. The molecule has 0 amide bonds. The Morgan fingerprint density at radius 3 is 2.11 bits per heavy atom. The summed E-state index contributed by atoms with van der Waals surface area (Å²) in [6, 6.07) is 0.896. The molecule has 2 N–H and O–H groups in total. The highest BCUT2D eigenvalue weighted by atomic mass is 32.2. The Hall–Kier alpha value is 0.190. The van der Waals surface area contributed by atoms with E-state index in [2.05, 4.69) is 32.2 Å². The third-order valence-electron chi connectivity index (χ3n) is 8.24. The van der Waals surface area contributed by atoms with Gasteiger partial charge in [-0.25, -0.2) is 0 Å². The number of nitrogens with zero attached hydrogens (tertiary/aromatic N) is 2. The monoisotopic (exact) mass is 392 g/mol. The number of fused-ring (bicyclic) bond motifs is 1. The lowest BCUT2D eigenvalue weighted by molar-refractivity contribution is 0.0141. The van der Waals surface area contributed by atoms with Crippen LogP contribution in [0.1, 0.15) is 70.6 Å². The molecule has 2 aliphatic carbocycles. The Balaban J connectivity index is 1.17. The van der Waals surface area contributed by atoms with Crippen LogP contribution in [-0.4, -0.2) is 65.5 Å². The molecule has 3 aliphatic heterocycles. The first-order chi connectivity index (χ1) is 13.4. The van der Waals surface area contributed by atoms with E-state index in [-0.39, 0.29) is 0 Å². The first-order valence-electron chi connectivity index (χ1n) is 12.0. The lowest BCUT2D eigenvalue weighted by atomic mass is 9.83. The number of nitrogens with one attached hydrogen (secondary N) is 2. The highest BCUT2D eigenvalue weighted by Gasteiger charge is 2.46. The fourth-order valence-corrected chi connectivity index (χ4v) is 8.53. The van der Waals surface area contributed by atoms with Crippen LogP contribution in [0.4, 0.5) is 0 Å². The van der Waals surface area contributed by atoms with Gasteiger partial charge in [0.1, 0.15) is 0 Å². The molecule has 0 bridgehead atoms. The molecule has 5 fully saturated rings. The SMILES string of the molecule is C1CCC(C2CC3C(NCNC3N3CCN(C4CCCCC4)CC3)S2)CC1. The fourth-order valence-electron chi connectivity index (χ4n) is 6.68. The summed E-state index contributed by atoms with van der Waals surface area (Å²) in [4.78, 5) is 5.63. The van der Waals surface area contributed by atoms with E-state index in [0.717, 1.165) is 29.8 Å². The first-order valence-corrected chi connectivity index (χ1v) is 12.9. The molecule has 4 atom stereocenters. The smallest absolute Gasteiger partial charge is 0.0660 e. The van der Waals surface area contributed by atoms with Crippen molar-refractivity contribution in [2.45, 2.75) is 93.5 Å². The maximum atomic E-state index is 3.86. The van der Waals surface area contributed by atoms with Gasteiger partial charge in [0.05, 0.1) is 11.5 Å². The average Bonchev–Trinajstić information content (AvgIpc) is 3.20. The molecule has 5 aliphatic rings. The molecule has 154 valence electrons. The van der Waals surface area contributed by atoms with Crippen LogP contribution in [0.5, 0.6) is 0 Å². The van der Waals surface area contributed by atoms with E-state index in [1.807, 2.05) is 0 Å². The Morgan fingerprint density at radius 1 is 0.704 bits per heavy atom. The van der Waals surface area contributed by atoms with Gasteiger partial charge in [0.2, 0.25) is 0 Å². The van der Waals surface area contributed by atoms with Crippen molar-refractivity contribution in [3.8, 4) is 0 Å². The van der Waals surface area contributed by atoms with Crippen molar-refractivity contribution in [1.82, 2.24) is 20.4 Å². The number of thioether (sulfide) groups is 1. The number of hydrogen-bond acceptors (Lipinski definition) is 5. The topological polar surface area (TPSA) is 30.5 Å². The quantitative estimate of drug-likeness (QED) is 0.768. The molecule has 3 saturated heterocycles. The third-order valence-corrected chi connectivity index (χ3v) is 9.98. The molecule has 2 saturated carbocycles. The summed E-state index contributed by atoms with van der Waals surface area (Å²) in [6.07, 6.45) is 16.8. The van der Waals surface area contributed by atoms with Crippen molar-refractivity contribution in [3.05, 3.63) is 0 Å². The van der Waals surface area contributed by atoms with Crippen molar-refractivity contribution in [2.24, 2.45) is 11.8 Å². The van der Waals surface area contributed by atoms with Crippen LogP contribution in [0.3, 0.4) is 0 Å². The highest BCUT2D eigenvalue weighted by molar-refractivity contribution is 8.00. The third kappa shape index (κ3) is 4.23. The molecule has 0 aromatic carbocycles. The van der Waals surface area contributed by atoms with Crippen LogP contribution in [0.15, 0.2) is 0 Å². The molecule has 0 aromatic heterocycles. The van der Waals surface area contributed by atoms with Crippen LogP contribution < -0.4 is 10.6 Å². The molecule has 4 unspecified atom stereocenters. The summed E-state index contributed by atoms with van der Waals surface area (Å²) in [6.45, 7) is 6.14. The van der Waals surface area contributed by atoms with Gasteiger partial charge in [-0.2, -0.15) is 0 Å². The Kier molecular flexibility index (Phi) is 6.33. The van der Waals surface area contributed by atoms with E-state index in [0.29, 0.717) is 11.5 Å². The van der Waals surface area contributed by atoms with Gasteiger partial charge >= 0.3 is 0 Å². The van der Waals surface area contributed by atoms with E-state index in [1.54, 1.807) is 0 Å². The summed E-state index contributed by atoms with van der Waals surface area (Å²) in [7, 11) is 0. The van der Waals surface area contributed by atoms with Gasteiger partial charge in [-0.15, -0.1) is 11.8 Å². The van der Waals surface area contributed by atoms with Crippen molar-refractivity contribution in [2.75, 3.05) is 32.8 Å². The largest absolute Gasteiger partial charge is 0.298 e. The standard InChI is InChI=1S/C22H40N4S/c1-3-7-17(8-4-1)20-15-19-21(23-16-24-22(19)27-20)26-13-11-25(12-14-26)18-9-5-2-6-10-18/h17-24H,1-16H2. The predicted octanol–water partition coefficient (Wildman–Crippen LogP) is 3.44. The minimum absolute atomic E-state index is 0.617. The first kappa shape index (κ1) is 19.2. The van der Waals surface area contributed by atoms with Gasteiger partial charge in [-0.3, -0.25) is 20.4 Å². The summed E-state index contributed by atoms with van der Waals surface area (Å²) in [5.74, 6) is 1.80. The summed E-state index contributed by atoms with van der Waals surface area (Å²) < 4.78 is 0. The van der Waals surface area contributed by atoms with Crippen LogP contribution in [0.2, 0.25) is 0 Å². The lowest BCUT2D eigenvalue weighted by Crippen LogP contribution is -2.64. The number of rotatable bonds is 3. The normalized spacial score (nSPS) is 40.9. The van der Waals surface area contributed by atoms with Crippen LogP contribution in [0, 0.1) is 11.8 Å². The van der Waals surface area contributed by atoms with Crippen LogP contribution in [-0.2, 0) is 0 Å². The van der Waals surface area contributed by atoms with Gasteiger partial charge in [0.25, 0.3) is 0 Å². The molecule has 0 spiro atoms. The molecule has 0 radical (unpaired) electrons. The Morgan fingerprint density at radius 2 is 1.37 bits per heavy atom. The molecule has 3 heterocycles. The second kappa shape index (κ2) is 8.91. The molecular weight excluding hydrogens is 352 g/mol. The summed E-state index contributed by atoms with van der Waals surface area (Å²) >= 11 is 2.30. The molecule has 4 nitrogen and oxygen atoms in total. The zero-order valence-electron chi connectivity index (χ0n) is 17.1. The van der Waals surface area contributed by atoms with E-state index in [4.69, 9.17) is 0 Å². The second-order valence-electron chi connectivity index (χ2n) is 9.79. The minimum Gasteiger partial charge on any atom is -0.298 e. The lowest BCUT2D eigenvalue weighted by Gasteiger charge is -2.47. The van der Waals surface area contributed by atoms with Crippen molar-refractivity contribution in [3.63, 3.8) is 0 Å². The number of piperazine rings is 1.